The lowest BCUT2D eigenvalue weighted by atomic mass is 9.96. The molecular formula is C21H16N4O2. The number of anilines is 1. The molecule has 27 heavy (non-hydrogen) atoms. The molecule has 0 saturated heterocycles. The second kappa shape index (κ2) is 7.90. The summed E-state index contributed by atoms with van der Waals surface area (Å²) in [6.07, 6.45) is 0. The Morgan fingerprint density at radius 1 is 0.963 bits per heavy atom. The van der Waals surface area contributed by atoms with Gasteiger partial charge in [-0.3, -0.25) is 0 Å². The summed E-state index contributed by atoms with van der Waals surface area (Å²) in [6.45, 7) is 0.448. The van der Waals surface area contributed by atoms with Crippen molar-refractivity contribution in [2.75, 3.05) is 12.8 Å². The third-order valence-corrected chi connectivity index (χ3v) is 4.00. The lowest BCUT2D eigenvalue weighted by Crippen LogP contribution is -2.04. The van der Waals surface area contributed by atoms with Crippen LogP contribution in [0.25, 0.3) is 11.1 Å². The van der Waals surface area contributed by atoms with Gasteiger partial charge in [-0.1, -0.05) is 42.5 Å². The molecule has 0 unspecified atom stereocenters. The molecule has 0 aliphatic carbocycles. The number of benzene rings is 2. The molecule has 0 fully saturated rings. The molecule has 3 aromatic rings. The van der Waals surface area contributed by atoms with Crippen molar-refractivity contribution in [1.82, 2.24) is 4.98 Å². The summed E-state index contributed by atoms with van der Waals surface area (Å²) in [5.41, 5.74) is 8.29. The third kappa shape index (κ3) is 3.65. The molecular weight excluding hydrogens is 340 g/mol. The number of hydrogen-bond donors (Lipinski definition) is 1. The highest BCUT2D eigenvalue weighted by molar-refractivity contribution is 5.82. The van der Waals surface area contributed by atoms with Crippen LogP contribution in [0.4, 0.5) is 5.82 Å². The predicted molar refractivity (Wildman–Crippen MR) is 101 cm³/mol. The van der Waals surface area contributed by atoms with Crippen molar-refractivity contribution in [2.24, 2.45) is 0 Å². The van der Waals surface area contributed by atoms with Crippen LogP contribution in [0.2, 0.25) is 0 Å². The number of ether oxygens (including phenoxy) is 2. The fourth-order valence-corrected chi connectivity index (χ4v) is 2.69. The monoisotopic (exact) mass is 356 g/mol. The number of methoxy groups -OCH3 is 1. The van der Waals surface area contributed by atoms with Crippen molar-refractivity contribution in [3.8, 4) is 34.9 Å². The van der Waals surface area contributed by atoms with Gasteiger partial charge >= 0.3 is 0 Å². The van der Waals surface area contributed by atoms with E-state index in [4.69, 9.17) is 15.2 Å². The first-order valence-electron chi connectivity index (χ1n) is 8.12. The summed E-state index contributed by atoms with van der Waals surface area (Å²) in [5, 5.41) is 19.0. The number of pyridine rings is 1. The zero-order valence-electron chi connectivity index (χ0n) is 14.6. The first-order chi connectivity index (χ1) is 13.2. The van der Waals surface area contributed by atoms with E-state index in [1.165, 1.54) is 7.11 Å². The van der Waals surface area contributed by atoms with Gasteiger partial charge in [-0.2, -0.15) is 15.5 Å². The molecule has 0 aliphatic heterocycles. The van der Waals surface area contributed by atoms with E-state index in [2.05, 4.69) is 11.1 Å². The van der Waals surface area contributed by atoms with Crippen molar-refractivity contribution in [3.05, 3.63) is 71.3 Å². The molecule has 1 heterocycles. The van der Waals surface area contributed by atoms with Gasteiger partial charge in [0.15, 0.2) is 0 Å². The molecule has 0 atom stereocenters. The van der Waals surface area contributed by atoms with Crippen LogP contribution < -0.4 is 15.2 Å². The number of nitrogens with zero attached hydrogens (tertiary/aromatic N) is 3. The number of hydrogen-bond acceptors (Lipinski definition) is 6. The minimum absolute atomic E-state index is 0.0211. The van der Waals surface area contributed by atoms with Gasteiger partial charge in [0.1, 0.15) is 41.4 Å². The van der Waals surface area contributed by atoms with E-state index < -0.39 is 0 Å². The van der Waals surface area contributed by atoms with Gasteiger partial charge in [-0.05, 0) is 23.3 Å². The van der Waals surface area contributed by atoms with E-state index >= 15 is 0 Å². The minimum atomic E-state index is 0.0211. The number of nitriles is 2. The van der Waals surface area contributed by atoms with E-state index in [1.807, 2.05) is 36.4 Å². The first-order valence-corrected chi connectivity index (χ1v) is 8.12. The smallest absolute Gasteiger partial charge is 0.234 e. The highest BCUT2D eigenvalue weighted by atomic mass is 16.5. The van der Waals surface area contributed by atoms with Crippen LogP contribution in [0.5, 0.6) is 11.6 Å². The maximum atomic E-state index is 9.52. The molecule has 2 aromatic carbocycles. The summed E-state index contributed by atoms with van der Waals surface area (Å²) >= 11 is 0. The van der Waals surface area contributed by atoms with Gasteiger partial charge in [0.2, 0.25) is 5.88 Å². The van der Waals surface area contributed by atoms with E-state index in [0.29, 0.717) is 23.5 Å². The maximum absolute atomic E-state index is 9.52. The van der Waals surface area contributed by atoms with E-state index in [9.17, 15) is 10.5 Å². The highest BCUT2D eigenvalue weighted by Gasteiger charge is 2.20. The van der Waals surface area contributed by atoms with Crippen LogP contribution in [0, 0.1) is 22.7 Å². The Bertz CT molecular complexity index is 1030. The summed E-state index contributed by atoms with van der Waals surface area (Å²) < 4.78 is 10.9. The SMILES string of the molecule is COc1nc(N)c(C#N)c(-c2ccc(OCc3ccccc3)cc2)c1C#N. The predicted octanol–water partition coefficient (Wildman–Crippen LogP) is 3.66. The van der Waals surface area contributed by atoms with E-state index in [0.717, 1.165) is 5.56 Å². The summed E-state index contributed by atoms with van der Waals surface area (Å²) in [5.74, 6) is 0.787. The number of aromatic nitrogens is 1. The number of nitrogens with two attached hydrogens (primary N) is 1. The van der Waals surface area contributed by atoms with E-state index in [1.54, 1.807) is 24.3 Å². The van der Waals surface area contributed by atoms with Gasteiger partial charge in [0.05, 0.1) is 7.11 Å². The zero-order chi connectivity index (χ0) is 19.2. The topological polar surface area (TPSA) is 105 Å². The lowest BCUT2D eigenvalue weighted by Gasteiger charge is -2.13. The highest BCUT2D eigenvalue weighted by Crippen LogP contribution is 2.35. The standard InChI is InChI=1S/C21H16N4O2/c1-26-21-18(12-23)19(17(11-22)20(24)25-21)15-7-9-16(10-8-15)27-13-14-5-3-2-4-6-14/h2-10H,13H2,1H3,(H2,24,25). The van der Waals surface area contributed by atoms with Crippen molar-refractivity contribution < 1.29 is 9.47 Å². The Balaban J connectivity index is 1.94. The molecule has 6 heteroatoms. The molecule has 6 nitrogen and oxygen atoms in total. The van der Waals surface area contributed by atoms with Gasteiger partial charge < -0.3 is 15.2 Å². The quantitative estimate of drug-likeness (QED) is 0.748. The van der Waals surface area contributed by atoms with Crippen molar-refractivity contribution >= 4 is 5.82 Å². The van der Waals surface area contributed by atoms with Crippen molar-refractivity contribution in [1.29, 1.82) is 10.5 Å². The van der Waals surface area contributed by atoms with Crippen LogP contribution in [-0.4, -0.2) is 12.1 Å². The van der Waals surface area contributed by atoms with Gasteiger partial charge in [0.25, 0.3) is 0 Å². The Morgan fingerprint density at radius 2 is 1.63 bits per heavy atom. The zero-order valence-corrected chi connectivity index (χ0v) is 14.6. The minimum Gasteiger partial charge on any atom is -0.489 e. The summed E-state index contributed by atoms with van der Waals surface area (Å²) in [7, 11) is 1.40. The lowest BCUT2D eigenvalue weighted by molar-refractivity contribution is 0.306. The number of rotatable bonds is 5. The fourth-order valence-electron chi connectivity index (χ4n) is 2.69. The van der Waals surface area contributed by atoms with Gasteiger partial charge in [-0.15, -0.1) is 0 Å². The number of nitrogen functional groups attached to an aromatic ring is 1. The molecule has 0 saturated carbocycles. The normalized spacial score (nSPS) is 9.89. The van der Waals surface area contributed by atoms with Crippen LogP contribution >= 0.6 is 0 Å². The molecule has 132 valence electrons. The van der Waals surface area contributed by atoms with Crippen LogP contribution in [0.15, 0.2) is 54.6 Å². The average Bonchev–Trinajstić information content (AvgIpc) is 2.72. The van der Waals surface area contributed by atoms with Crippen LogP contribution in [0.1, 0.15) is 16.7 Å². The average molecular weight is 356 g/mol. The molecule has 0 amide bonds. The van der Waals surface area contributed by atoms with E-state index in [-0.39, 0.29) is 22.8 Å². The molecule has 0 bridgehead atoms. The molecule has 0 spiro atoms. The Morgan fingerprint density at radius 3 is 2.22 bits per heavy atom. The Hall–Kier alpha value is -4.03. The van der Waals surface area contributed by atoms with Gasteiger partial charge in [-0.25, -0.2) is 0 Å². The summed E-state index contributed by atoms with van der Waals surface area (Å²) in [4.78, 5) is 3.99. The molecule has 1 aromatic heterocycles. The molecule has 0 aliphatic rings. The maximum Gasteiger partial charge on any atom is 0.234 e. The fraction of sp³-hybridized carbons (Fsp3) is 0.0952. The largest absolute Gasteiger partial charge is 0.489 e. The second-order valence-electron chi connectivity index (χ2n) is 5.65. The van der Waals surface area contributed by atoms with Crippen LogP contribution in [-0.2, 0) is 6.61 Å². The second-order valence-corrected chi connectivity index (χ2v) is 5.65. The molecule has 2 N–H and O–H groups in total. The molecule has 3 rings (SSSR count). The summed E-state index contributed by atoms with van der Waals surface area (Å²) in [6, 6.07) is 21.0. The van der Waals surface area contributed by atoms with Gasteiger partial charge in [0, 0.05) is 5.56 Å². The first kappa shape index (κ1) is 17.8. The Labute approximate surface area is 157 Å². The molecule has 0 radical (unpaired) electrons. The van der Waals surface area contributed by atoms with Crippen molar-refractivity contribution in [3.63, 3.8) is 0 Å². The van der Waals surface area contributed by atoms with Crippen LogP contribution in [0.3, 0.4) is 0 Å². The third-order valence-electron chi connectivity index (χ3n) is 4.00. The van der Waals surface area contributed by atoms with Crippen molar-refractivity contribution in [2.45, 2.75) is 6.61 Å². The Kier molecular flexibility index (Phi) is 5.20.